The van der Waals surface area contributed by atoms with Gasteiger partial charge in [0, 0.05) is 37.2 Å². The summed E-state index contributed by atoms with van der Waals surface area (Å²) in [6.07, 6.45) is 7.24. The minimum absolute atomic E-state index is 0.0161. The summed E-state index contributed by atoms with van der Waals surface area (Å²) in [5, 5.41) is 6.23. The van der Waals surface area contributed by atoms with Gasteiger partial charge in [-0.3, -0.25) is 9.59 Å². The van der Waals surface area contributed by atoms with Crippen LogP contribution >= 0.6 is 0 Å². The van der Waals surface area contributed by atoms with E-state index in [2.05, 4.69) is 17.6 Å². The van der Waals surface area contributed by atoms with E-state index >= 15 is 0 Å². The lowest BCUT2D eigenvalue weighted by atomic mass is 9.70. The maximum Gasteiger partial charge on any atom is 0.251 e. The Balaban J connectivity index is 1.37. The van der Waals surface area contributed by atoms with Crippen LogP contribution in [0.15, 0.2) is 29.2 Å². The highest BCUT2D eigenvalue weighted by Gasteiger charge is 2.40. The number of nitrogens with zero attached hydrogens (tertiary/aromatic N) is 1. The molecule has 7 nitrogen and oxygen atoms in total. The van der Waals surface area contributed by atoms with Gasteiger partial charge in [0.25, 0.3) is 5.91 Å². The Bertz CT molecular complexity index is 909. The number of carbonyl (C=O) groups is 2. The van der Waals surface area contributed by atoms with E-state index < -0.39 is 10.0 Å². The lowest BCUT2D eigenvalue weighted by Gasteiger charge is -2.44. The molecule has 0 aromatic heterocycles. The predicted octanol–water partition coefficient (Wildman–Crippen LogP) is 2.67. The third-order valence-electron chi connectivity index (χ3n) is 7.12. The van der Waals surface area contributed by atoms with Gasteiger partial charge >= 0.3 is 0 Å². The van der Waals surface area contributed by atoms with E-state index in [0.717, 1.165) is 44.9 Å². The van der Waals surface area contributed by atoms with Crippen LogP contribution in [0.4, 0.5) is 0 Å². The fourth-order valence-corrected chi connectivity index (χ4v) is 7.04. The molecular weight excluding hydrogens is 414 g/mol. The molecule has 3 fully saturated rings. The molecule has 4 unspecified atom stereocenters. The zero-order valence-corrected chi connectivity index (χ0v) is 19.0. The van der Waals surface area contributed by atoms with Crippen LogP contribution in [0.3, 0.4) is 0 Å². The molecular formula is C23H33N3O4S. The van der Waals surface area contributed by atoms with Gasteiger partial charge in [0.2, 0.25) is 15.9 Å². The molecule has 1 aromatic rings. The van der Waals surface area contributed by atoms with Crippen molar-refractivity contribution in [3.63, 3.8) is 0 Å². The van der Waals surface area contributed by atoms with Gasteiger partial charge in [0.05, 0.1) is 4.90 Å². The van der Waals surface area contributed by atoms with Crippen molar-refractivity contribution >= 4 is 21.8 Å². The maximum atomic E-state index is 12.8. The molecule has 4 atom stereocenters. The highest BCUT2D eigenvalue weighted by atomic mass is 32.2. The highest BCUT2D eigenvalue weighted by Crippen LogP contribution is 2.37. The van der Waals surface area contributed by atoms with E-state index in [9.17, 15) is 18.0 Å². The van der Waals surface area contributed by atoms with E-state index in [1.807, 2.05) is 0 Å². The van der Waals surface area contributed by atoms with Crippen LogP contribution in [0.5, 0.6) is 0 Å². The molecule has 4 rings (SSSR count). The lowest BCUT2D eigenvalue weighted by Crippen LogP contribution is -2.55. The molecule has 1 saturated carbocycles. The summed E-state index contributed by atoms with van der Waals surface area (Å²) in [4.78, 5) is 25.1. The number of hydrogen-bond donors (Lipinski definition) is 2. The second-order valence-corrected chi connectivity index (χ2v) is 11.1. The normalized spacial score (nSPS) is 29.3. The van der Waals surface area contributed by atoms with Crippen LogP contribution in [0.2, 0.25) is 0 Å². The van der Waals surface area contributed by atoms with Gasteiger partial charge in [0.15, 0.2) is 0 Å². The molecule has 2 amide bonds. The molecule has 170 valence electrons. The quantitative estimate of drug-likeness (QED) is 0.701. The lowest BCUT2D eigenvalue weighted by molar-refractivity contribution is -0.127. The Kier molecular flexibility index (Phi) is 6.67. The van der Waals surface area contributed by atoms with Crippen molar-refractivity contribution in [2.24, 2.45) is 11.8 Å². The topological polar surface area (TPSA) is 95.6 Å². The number of sulfonamides is 1. The van der Waals surface area contributed by atoms with Crippen LogP contribution < -0.4 is 10.6 Å². The first kappa shape index (κ1) is 22.3. The number of benzene rings is 1. The van der Waals surface area contributed by atoms with Crippen molar-refractivity contribution in [3.05, 3.63) is 29.8 Å². The summed E-state index contributed by atoms with van der Waals surface area (Å²) in [6.45, 7) is 3.28. The van der Waals surface area contributed by atoms with Crippen molar-refractivity contribution in [2.45, 2.75) is 75.3 Å². The van der Waals surface area contributed by atoms with Crippen molar-refractivity contribution in [2.75, 3.05) is 13.1 Å². The first-order valence-corrected chi connectivity index (χ1v) is 13.0. The maximum absolute atomic E-state index is 12.8. The zero-order chi connectivity index (χ0) is 22.0. The molecule has 1 aliphatic carbocycles. The van der Waals surface area contributed by atoms with E-state index in [4.69, 9.17) is 0 Å². The van der Waals surface area contributed by atoms with E-state index in [1.54, 1.807) is 12.1 Å². The number of piperidine rings is 1. The SMILES string of the molecule is CCCC1CC(=O)NC2CC(NC(=O)c3ccc(S(=O)(=O)N4CCCC4)cc3)CCC12. The second kappa shape index (κ2) is 9.28. The molecule has 31 heavy (non-hydrogen) atoms. The predicted molar refractivity (Wildman–Crippen MR) is 118 cm³/mol. The number of amides is 2. The Morgan fingerprint density at radius 1 is 1.16 bits per heavy atom. The molecule has 8 heteroatoms. The van der Waals surface area contributed by atoms with Crippen molar-refractivity contribution < 1.29 is 18.0 Å². The fourth-order valence-electron chi connectivity index (χ4n) is 5.52. The number of carbonyl (C=O) groups excluding carboxylic acids is 2. The Morgan fingerprint density at radius 2 is 1.87 bits per heavy atom. The van der Waals surface area contributed by atoms with Crippen LogP contribution in [-0.4, -0.2) is 49.7 Å². The average molecular weight is 448 g/mol. The summed E-state index contributed by atoms with van der Waals surface area (Å²) in [5.41, 5.74) is 0.457. The van der Waals surface area contributed by atoms with Gasteiger partial charge in [-0.2, -0.15) is 4.31 Å². The smallest absolute Gasteiger partial charge is 0.251 e. The van der Waals surface area contributed by atoms with Gasteiger partial charge in [-0.25, -0.2) is 8.42 Å². The van der Waals surface area contributed by atoms with Crippen LogP contribution in [0, 0.1) is 11.8 Å². The minimum atomic E-state index is -3.48. The number of nitrogens with one attached hydrogen (secondary N) is 2. The summed E-state index contributed by atoms with van der Waals surface area (Å²) >= 11 is 0. The van der Waals surface area contributed by atoms with Gasteiger partial charge in [-0.15, -0.1) is 0 Å². The number of fused-ring (bicyclic) bond motifs is 1. The Morgan fingerprint density at radius 3 is 2.55 bits per heavy atom. The highest BCUT2D eigenvalue weighted by molar-refractivity contribution is 7.89. The molecule has 2 heterocycles. The van der Waals surface area contributed by atoms with E-state index in [1.165, 1.54) is 16.4 Å². The first-order chi connectivity index (χ1) is 14.9. The van der Waals surface area contributed by atoms with Crippen LogP contribution in [0.1, 0.15) is 68.6 Å². The molecule has 2 aliphatic heterocycles. The van der Waals surface area contributed by atoms with Gasteiger partial charge in [-0.1, -0.05) is 13.3 Å². The summed E-state index contributed by atoms with van der Waals surface area (Å²) in [6, 6.07) is 6.37. The molecule has 2 saturated heterocycles. The van der Waals surface area contributed by atoms with Gasteiger partial charge in [-0.05, 0) is 74.6 Å². The minimum Gasteiger partial charge on any atom is -0.353 e. The average Bonchev–Trinajstić information content (AvgIpc) is 3.29. The Hall–Kier alpha value is -1.93. The van der Waals surface area contributed by atoms with Crippen LogP contribution in [-0.2, 0) is 14.8 Å². The van der Waals surface area contributed by atoms with Crippen molar-refractivity contribution in [1.82, 2.24) is 14.9 Å². The molecule has 0 radical (unpaired) electrons. The first-order valence-electron chi connectivity index (χ1n) is 11.6. The number of rotatable bonds is 6. The summed E-state index contributed by atoms with van der Waals surface area (Å²) in [5.74, 6) is 0.883. The van der Waals surface area contributed by atoms with Gasteiger partial charge < -0.3 is 10.6 Å². The Labute approximate surface area is 185 Å². The van der Waals surface area contributed by atoms with Gasteiger partial charge in [0.1, 0.15) is 0 Å². The fraction of sp³-hybridized carbons (Fsp3) is 0.652. The molecule has 3 aliphatic rings. The number of hydrogen-bond acceptors (Lipinski definition) is 4. The largest absolute Gasteiger partial charge is 0.353 e. The molecule has 2 N–H and O–H groups in total. The van der Waals surface area contributed by atoms with Crippen molar-refractivity contribution in [1.29, 1.82) is 0 Å². The summed E-state index contributed by atoms with van der Waals surface area (Å²) < 4.78 is 26.8. The molecule has 1 aromatic carbocycles. The van der Waals surface area contributed by atoms with E-state index in [-0.39, 0.29) is 28.8 Å². The third kappa shape index (κ3) is 4.80. The van der Waals surface area contributed by atoms with Crippen molar-refractivity contribution in [3.8, 4) is 0 Å². The summed E-state index contributed by atoms with van der Waals surface area (Å²) in [7, 11) is -3.48. The molecule has 0 spiro atoms. The standard InChI is InChI=1S/C23H33N3O4S/c1-2-5-17-14-22(27)25-21-15-18(8-11-20(17)21)24-23(28)16-6-9-19(10-7-16)31(29,30)26-12-3-4-13-26/h6-7,9-10,17-18,20-21H,2-5,8,11-15H2,1H3,(H,24,28)(H,25,27). The molecule has 0 bridgehead atoms. The van der Waals surface area contributed by atoms with E-state index in [0.29, 0.717) is 36.9 Å². The second-order valence-electron chi connectivity index (χ2n) is 9.21. The van der Waals surface area contributed by atoms with Crippen LogP contribution in [0.25, 0.3) is 0 Å². The monoisotopic (exact) mass is 447 g/mol. The third-order valence-corrected chi connectivity index (χ3v) is 9.03. The zero-order valence-electron chi connectivity index (χ0n) is 18.2.